The lowest BCUT2D eigenvalue weighted by Gasteiger charge is -2.11. The molecule has 0 bridgehead atoms. The normalized spacial score (nSPS) is 13.6. The third kappa shape index (κ3) is 4.35. The molecule has 0 aliphatic heterocycles. The first-order valence-electron chi connectivity index (χ1n) is 4.75. The van der Waals surface area contributed by atoms with Crippen LogP contribution in [0.25, 0.3) is 0 Å². The van der Waals surface area contributed by atoms with E-state index < -0.39 is 18.3 Å². The van der Waals surface area contributed by atoms with Crippen molar-refractivity contribution in [2.75, 3.05) is 0 Å². The number of rotatable bonds is 6. The number of aromatic nitrogens is 2. The van der Waals surface area contributed by atoms with Crippen molar-refractivity contribution in [3.63, 3.8) is 0 Å². The summed E-state index contributed by atoms with van der Waals surface area (Å²) in [5.41, 5.74) is -1.24. The molecule has 0 spiro atoms. The summed E-state index contributed by atoms with van der Waals surface area (Å²) >= 11 is 5.55. The second-order valence-electron chi connectivity index (χ2n) is 3.37. The van der Waals surface area contributed by atoms with Gasteiger partial charge in [-0.1, -0.05) is 11.6 Å². The van der Waals surface area contributed by atoms with Crippen molar-refractivity contribution in [3.05, 3.63) is 22.1 Å². The number of nitrogens with zero attached hydrogens (tertiary/aromatic N) is 3. The zero-order chi connectivity index (χ0) is 13.9. The topological polar surface area (TPSA) is 128 Å². The standard InChI is InChI=1S/C7H11ClN3O6P/c1-5-9-4-7(11(12)13)10(5)3-2-6(8)17-18(14,15)16/h4,6H,2-3H2,1H3,(H2,14,15,16). The lowest BCUT2D eigenvalue weighted by molar-refractivity contribution is -0.392. The number of phosphoric ester groups is 1. The van der Waals surface area contributed by atoms with Crippen molar-refractivity contribution in [3.8, 4) is 0 Å². The lowest BCUT2D eigenvalue weighted by Crippen LogP contribution is -2.11. The monoisotopic (exact) mass is 299 g/mol. The molecule has 0 radical (unpaired) electrons. The summed E-state index contributed by atoms with van der Waals surface area (Å²) in [7, 11) is -4.66. The first kappa shape index (κ1) is 15.1. The van der Waals surface area contributed by atoms with Gasteiger partial charge in [-0.15, -0.1) is 0 Å². The van der Waals surface area contributed by atoms with E-state index in [-0.39, 0.29) is 18.8 Å². The molecule has 1 aromatic rings. The van der Waals surface area contributed by atoms with Gasteiger partial charge in [-0.2, -0.15) is 0 Å². The summed E-state index contributed by atoms with van der Waals surface area (Å²) in [5, 5.41) is 10.7. The predicted octanol–water partition coefficient (Wildman–Crippen LogP) is 1.16. The molecule has 102 valence electrons. The lowest BCUT2D eigenvalue weighted by atomic mass is 10.4. The van der Waals surface area contributed by atoms with Gasteiger partial charge in [0.1, 0.15) is 11.8 Å². The first-order chi connectivity index (χ1) is 8.20. The van der Waals surface area contributed by atoms with Gasteiger partial charge in [-0.3, -0.25) is 4.52 Å². The number of aryl methyl sites for hydroxylation is 1. The molecule has 1 aromatic heterocycles. The number of halogens is 1. The molecule has 2 N–H and O–H groups in total. The molecule has 0 amide bonds. The van der Waals surface area contributed by atoms with Crippen LogP contribution in [0.3, 0.4) is 0 Å². The fourth-order valence-corrected chi connectivity index (χ4v) is 2.12. The van der Waals surface area contributed by atoms with Gasteiger partial charge >= 0.3 is 13.6 Å². The van der Waals surface area contributed by atoms with Crippen molar-refractivity contribution < 1.29 is 23.8 Å². The van der Waals surface area contributed by atoms with Gasteiger partial charge in [-0.25, -0.2) is 14.1 Å². The van der Waals surface area contributed by atoms with Crippen LogP contribution in [0.5, 0.6) is 0 Å². The second-order valence-corrected chi connectivity index (χ2v) is 5.05. The highest BCUT2D eigenvalue weighted by Gasteiger charge is 2.23. The number of hydrogen-bond donors (Lipinski definition) is 2. The van der Waals surface area contributed by atoms with E-state index in [1.807, 2.05) is 0 Å². The second kappa shape index (κ2) is 5.77. The Bertz CT molecular complexity index is 486. The van der Waals surface area contributed by atoms with Gasteiger partial charge in [0.15, 0.2) is 5.82 Å². The molecule has 18 heavy (non-hydrogen) atoms. The maximum Gasteiger partial charge on any atom is 0.471 e. The number of hydrogen-bond acceptors (Lipinski definition) is 5. The molecule has 1 rings (SSSR count). The van der Waals surface area contributed by atoms with Crippen LogP contribution in [0.4, 0.5) is 5.82 Å². The molecule has 0 aliphatic carbocycles. The number of phosphoric acid groups is 1. The van der Waals surface area contributed by atoms with Crippen LogP contribution in [0.2, 0.25) is 0 Å². The molecule has 1 atom stereocenters. The largest absolute Gasteiger partial charge is 0.471 e. The van der Waals surface area contributed by atoms with Gasteiger partial charge < -0.3 is 19.9 Å². The molecule has 0 aromatic carbocycles. The third-order valence-electron chi connectivity index (χ3n) is 2.05. The van der Waals surface area contributed by atoms with E-state index in [0.29, 0.717) is 5.82 Å². The van der Waals surface area contributed by atoms with Crippen molar-refractivity contribution >= 4 is 25.2 Å². The Balaban J connectivity index is 2.66. The maximum atomic E-state index is 10.7. The van der Waals surface area contributed by atoms with E-state index in [1.54, 1.807) is 6.92 Å². The molecule has 0 saturated carbocycles. The maximum absolute atomic E-state index is 10.7. The zero-order valence-corrected chi connectivity index (χ0v) is 10.9. The van der Waals surface area contributed by atoms with Gasteiger partial charge in [0, 0.05) is 13.3 Å². The molecule has 0 fully saturated rings. The Morgan fingerprint density at radius 3 is 2.83 bits per heavy atom. The fourth-order valence-electron chi connectivity index (χ4n) is 1.31. The van der Waals surface area contributed by atoms with Crippen LogP contribution >= 0.6 is 19.4 Å². The Morgan fingerprint density at radius 1 is 1.72 bits per heavy atom. The Hall–Kier alpha value is -0.990. The molecular weight excluding hydrogens is 289 g/mol. The zero-order valence-electron chi connectivity index (χ0n) is 9.26. The Labute approximate surface area is 107 Å². The average molecular weight is 300 g/mol. The highest BCUT2D eigenvalue weighted by Crippen LogP contribution is 2.39. The summed E-state index contributed by atoms with van der Waals surface area (Å²) in [6, 6.07) is 0. The minimum Gasteiger partial charge on any atom is -0.358 e. The van der Waals surface area contributed by atoms with Gasteiger partial charge in [0.25, 0.3) is 0 Å². The Morgan fingerprint density at radius 2 is 2.33 bits per heavy atom. The summed E-state index contributed by atoms with van der Waals surface area (Å²) in [5.74, 6) is 0.189. The molecule has 0 saturated heterocycles. The van der Waals surface area contributed by atoms with E-state index in [0.717, 1.165) is 6.20 Å². The van der Waals surface area contributed by atoms with Crippen LogP contribution in [0.15, 0.2) is 6.20 Å². The molecule has 9 nitrogen and oxygen atoms in total. The van der Waals surface area contributed by atoms with Crippen molar-refractivity contribution in [1.29, 1.82) is 0 Å². The molecule has 1 unspecified atom stereocenters. The molecule has 11 heteroatoms. The highest BCUT2D eigenvalue weighted by atomic mass is 35.5. The van der Waals surface area contributed by atoms with Crippen molar-refractivity contribution in [1.82, 2.24) is 9.55 Å². The first-order valence-corrected chi connectivity index (χ1v) is 6.72. The van der Waals surface area contributed by atoms with Crippen LogP contribution in [0.1, 0.15) is 12.2 Å². The molecule has 0 aliphatic rings. The van der Waals surface area contributed by atoms with E-state index in [9.17, 15) is 14.7 Å². The third-order valence-corrected chi connectivity index (χ3v) is 3.01. The van der Waals surface area contributed by atoms with Crippen molar-refractivity contribution in [2.24, 2.45) is 0 Å². The van der Waals surface area contributed by atoms with E-state index in [2.05, 4.69) is 9.51 Å². The summed E-state index contributed by atoms with van der Waals surface area (Å²) in [6.07, 6.45) is 1.09. The van der Waals surface area contributed by atoms with E-state index in [1.165, 1.54) is 4.57 Å². The van der Waals surface area contributed by atoms with Gasteiger partial charge in [0.05, 0.1) is 6.54 Å². The predicted molar refractivity (Wildman–Crippen MR) is 61.0 cm³/mol. The van der Waals surface area contributed by atoms with E-state index in [4.69, 9.17) is 21.4 Å². The number of nitro groups is 1. The fraction of sp³-hybridized carbons (Fsp3) is 0.571. The van der Waals surface area contributed by atoms with Crippen LogP contribution in [-0.2, 0) is 15.6 Å². The van der Waals surface area contributed by atoms with Gasteiger partial charge in [-0.05, 0) is 4.92 Å². The average Bonchev–Trinajstić information content (AvgIpc) is 2.54. The van der Waals surface area contributed by atoms with Gasteiger partial charge in [0.2, 0.25) is 0 Å². The van der Waals surface area contributed by atoms with Crippen LogP contribution < -0.4 is 0 Å². The molecular formula is C7H11ClN3O6P. The smallest absolute Gasteiger partial charge is 0.358 e. The summed E-state index contributed by atoms with van der Waals surface area (Å²) in [4.78, 5) is 30.9. The minimum absolute atomic E-state index is 0.00922. The molecule has 1 heterocycles. The van der Waals surface area contributed by atoms with Crippen molar-refractivity contribution in [2.45, 2.75) is 25.5 Å². The summed E-state index contributed by atoms with van der Waals surface area (Å²) < 4.78 is 16.0. The van der Waals surface area contributed by atoms with E-state index >= 15 is 0 Å². The van der Waals surface area contributed by atoms with Crippen LogP contribution in [0, 0.1) is 17.0 Å². The SMILES string of the molecule is Cc1ncc([N+](=O)[O-])n1CCC(Cl)OP(=O)(O)O. The summed E-state index contributed by atoms with van der Waals surface area (Å²) in [6.45, 7) is 1.64. The number of alkyl halides is 1. The number of imidazole rings is 1. The highest BCUT2D eigenvalue weighted by molar-refractivity contribution is 7.46. The Kier molecular flexibility index (Phi) is 4.83. The quantitative estimate of drug-likeness (QED) is 0.349. The minimum atomic E-state index is -4.66. The van der Waals surface area contributed by atoms with Crippen LogP contribution in [-0.4, -0.2) is 29.8 Å².